The van der Waals surface area contributed by atoms with Crippen LogP contribution in [-0.4, -0.2) is 18.5 Å². The molecule has 0 bridgehead atoms. The highest BCUT2D eigenvalue weighted by Crippen LogP contribution is 2.14. The fraction of sp³-hybridized carbons (Fsp3) is 0.300. The molecule has 3 N–H and O–H groups in total. The first-order valence-corrected chi connectivity index (χ1v) is 4.87. The summed E-state index contributed by atoms with van der Waals surface area (Å²) in [5.74, 6) is -1.08. The molecule has 0 saturated carbocycles. The molecule has 7 heteroatoms. The van der Waals surface area contributed by atoms with Crippen molar-refractivity contribution in [3.8, 4) is 0 Å². The summed E-state index contributed by atoms with van der Waals surface area (Å²) in [7, 11) is 0. The van der Waals surface area contributed by atoms with Crippen LogP contribution in [0.5, 0.6) is 0 Å². The lowest BCUT2D eigenvalue weighted by molar-refractivity contribution is -0.118. The summed E-state index contributed by atoms with van der Waals surface area (Å²) in [4.78, 5) is 13.6. The average Bonchev–Trinajstić information content (AvgIpc) is 2.22. The Morgan fingerprint density at radius 3 is 2.88 bits per heavy atom. The van der Waals surface area contributed by atoms with E-state index in [2.05, 4.69) is 15.3 Å². The topological polar surface area (TPSA) is 104 Å². The number of benzene rings is 1. The first kappa shape index (κ1) is 12.8. The third kappa shape index (κ3) is 4.00. The number of carbonyl (C=O) groups excluding carboxylic acids is 1. The van der Waals surface area contributed by atoms with Crippen LogP contribution in [0, 0.1) is 12.7 Å². The number of rotatable bonds is 5. The number of nitrogens with zero attached hydrogens (tertiary/aromatic N) is 3. The van der Waals surface area contributed by atoms with Gasteiger partial charge in [0, 0.05) is 10.6 Å². The van der Waals surface area contributed by atoms with Gasteiger partial charge in [-0.05, 0) is 36.2 Å². The average molecular weight is 237 g/mol. The minimum atomic E-state index is -0.855. The molecule has 0 spiro atoms. The van der Waals surface area contributed by atoms with Crippen LogP contribution in [0.1, 0.15) is 5.56 Å². The fourth-order valence-corrected chi connectivity index (χ4v) is 1.35. The quantitative estimate of drug-likeness (QED) is 0.462. The van der Waals surface area contributed by atoms with Crippen molar-refractivity contribution < 1.29 is 9.18 Å². The molecule has 1 atom stereocenters. The summed E-state index contributed by atoms with van der Waals surface area (Å²) in [5.41, 5.74) is 14.4. The number of hydrogen-bond acceptors (Lipinski definition) is 3. The Morgan fingerprint density at radius 2 is 2.35 bits per heavy atom. The van der Waals surface area contributed by atoms with Gasteiger partial charge < -0.3 is 11.1 Å². The molecule has 1 amide bonds. The summed E-state index contributed by atoms with van der Waals surface area (Å²) in [5, 5.41) is 5.97. The third-order valence-corrected chi connectivity index (χ3v) is 2.05. The van der Waals surface area contributed by atoms with Gasteiger partial charge in [-0.25, -0.2) is 4.39 Å². The van der Waals surface area contributed by atoms with Gasteiger partial charge in [0.05, 0.1) is 6.54 Å². The molecule has 0 aromatic heterocycles. The van der Waals surface area contributed by atoms with E-state index in [1.165, 1.54) is 12.1 Å². The van der Waals surface area contributed by atoms with Crippen LogP contribution in [0.2, 0.25) is 0 Å². The zero-order valence-corrected chi connectivity index (χ0v) is 9.22. The maximum Gasteiger partial charge on any atom is 0.240 e. The number of halogens is 1. The number of hydrogen-bond donors (Lipinski definition) is 2. The fourth-order valence-electron chi connectivity index (χ4n) is 1.35. The number of azide groups is 1. The number of aryl methyl sites for hydroxylation is 1. The molecule has 0 heterocycles. The van der Waals surface area contributed by atoms with Crippen molar-refractivity contribution in [2.24, 2.45) is 10.8 Å². The standard InChI is InChI=1S/C10H12FN5O/c1-6-2-7(11)4-8(3-6)15-9(10(12)17)5-14-16-13/h2-4,9,15H,5H2,1H3,(H2,12,17). The van der Waals surface area contributed by atoms with Gasteiger partial charge in [0.15, 0.2) is 0 Å². The normalized spacial score (nSPS) is 11.4. The number of anilines is 1. The summed E-state index contributed by atoms with van der Waals surface area (Å²) >= 11 is 0. The smallest absolute Gasteiger partial charge is 0.240 e. The minimum absolute atomic E-state index is 0.124. The van der Waals surface area contributed by atoms with E-state index >= 15 is 0 Å². The first-order chi connectivity index (χ1) is 8.02. The second-order valence-electron chi connectivity index (χ2n) is 3.53. The molecule has 0 saturated heterocycles. The lowest BCUT2D eigenvalue weighted by Crippen LogP contribution is -2.37. The minimum Gasteiger partial charge on any atom is -0.373 e. The molecule has 1 unspecified atom stereocenters. The molecule has 0 aliphatic carbocycles. The van der Waals surface area contributed by atoms with Crippen molar-refractivity contribution in [1.29, 1.82) is 0 Å². The van der Waals surface area contributed by atoms with Crippen LogP contribution < -0.4 is 11.1 Å². The second-order valence-corrected chi connectivity index (χ2v) is 3.53. The number of nitrogens with one attached hydrogen (secondary N) is 1. The molecule has 0 aliphatic heterocycles. The van der Waals surface area contributed by atoms with E-state index in [1.807, 2.05) is 0 Å². The lowest BCUT2D eigenvalue weighted by Gasteiger charge is -2.14. The van der Waals surface area contributed by atoms with Crippen LogP contribution >= 0.6 is 0 Å². The van der Waals surface area contributed by atoms with Crippen molar-refractivity contribution in [2.45, 2.75) is 13.0 Å². The highest BCUT2D eigenvalue weighted by Gasteiger charge is 2.14. The Kier molecular flexibility index (Phi) is 4.30. The molecule has 1 aromatic rings. The maximum atomic E-state index is 13.1. The number of carbonyl (C=O) groups is 1. The monoisotopic (exact) mass is 237 g/mol. The van der Waals surface area contributed by atoms with E-state index in [1.54, 1.807) is 13.0 Å². The summed E-state index contributed by atoms with van der Waals surface area (Å²) in [6.07, 6.45) is 0. The molecule has 90 valence electrons. The van der Waals surface area contributed by atoms with Gasteiger partial charge in [-0.3, -0.25) is 4.79 Å². The second kappa shape index (κ2) is 5.72. The molecule has 1 aromatic carbocycles. The van der Waals surface area contributed by atoms with E-state index in [0.29, 0.717) is 11.3 Å². The van der Waals surface area contributed by atoms with Crippen molar-refractivity contribution >= 4 is 11.6 Å². The van der Waals surface area contributed by atoms with E-state index in [0.717, 1.165) is 0 Å². The zero-order valence-electron chi connectivity index (χ0n) is 9.22. The predicted molar refractivity (Wildman–Crippen MR) is 61.8 cm³/mol. The van der Waals surface area contributed by atoms with Gasteiger partial charge in [-0.1, -0.05) is 5.11 Å². The number of primary amides is 1. The van der Waals surface area contributed by atoms with Crippen molar-refractivity contribution in [3.05, 3.63) is 40.0 Å². The molecular formula is C10H12FN5O. The number of nitrogens with two attached hydrogens (primary N) is 1. The van der Waals surface area contributed by atoms with Gasteiger partial charge in [0.1, 0.15) is 11.9 Å². The summed E-state index contributed by atoms with van der Waals surface area (Å²) < 4.78 is 13.1. The van der Waals surface area contributed by atoms with Gasteiger partial charge >= 0.3 is 0 Å². The van der Waals surface area contributed by atoms with Crippen LogP contribution in [0.15, 0.2) is 23.3 Å². The Bertz CT molecular complexity index is 450. The Balaban J connectivity index is 2.85. The Hall–Kier alpha value is -2.27. The zero-order chi connectivity index (χ0) is 12.8. The van der Waals surface area contributed by atoms with Crippen LogP contribution in [0.3, 0.4) is 0 Å². The number of amides is 1. The maximum absolute atomic E-state index is 13.1. The molecule has 17 heavy (non-hydrogen) atoms. The van der Waals surface area contributed by atoms with Gasteiger partial charge in [0.2, 0.25) is 5.91 Å². The predicted octanol–water partition coefficient (Wildman–Crippen LogP) is 1.71. The highest BCUT2D eigenvalue weighted by molar-refractivity contribution is 5.83. The van der Waals surface area contributed by atoms with E-state index in [4.69, 9.17) is 11.3 Å². The Morgan fingerprint density at radius 1 is 1.65 bits per heavy atom. The van der Waals surface area contributed by atoms with Gasteiger partial charge in [-0.2, -0.15) is 0 Å². The lowest BCUT2D eigenvalue weighted by atomic mass is 10.2. The van der Waals surface area contributed by atoms with E-state index in [9.17, 15) is 9.18 Å². The molecule has 0 fully saturated rings. The molecule has 0 aliphatic rings. The first-order valence-electron chi connectivity index (χ1n) is 4.87. The van der Waals surface area contributed by atoms with Crippen LogP contribution in [-0.2, 0) is 4.79 Å². The van der Waals surface area contributed by atoms with Crippen molar-refractivity contribution in [2.75, 3.05) is 11.9 Å². The highest BCUT2D eigenvalue weighted by atomic mass is 19.1. The molecule has 0 radical (unpaired) electrons. The Labute approximate surface area is 97.2 Å². The van der Waals surface area contributed by atoms with E-state index < -0.39 is 17.8 Å². The molecule has 6 nitrogen and oxygen atoms in total. The van der Waals surface area contributed by atoms with Gasteiger partial charge in [0.25, 0.3) is 0 Å². The van der Waals surface area contributed by atoms with Crippen molar-refractivity contribution in [1.82, 2.24) is 0 Å². The molecular weight excluding hydrogens is 225 g/mol. The van der Waals surface area contributed by atoms with Crippen molar-refractivity contribution in [3.63, 3.8) is 0 Å². The van der Waals surface area contributed by atoms with E-state index in [-0.39, 0.29) is 6.54 Å². The van der Waals surface area contributed by atoms with Gasteiger partial charge in [-0.15, -0.1) is 0 Å². The SMILES string of the molecule is Cc1cc(F)cc(NC(CN=[N+]=[N-])C(N)=O)c1. The largest absolute Gasteiger partial charge is 0.373 e. The third-order valence-electron chi connectivity index (χ3n) is 2.05. The summed E-state index contributed by atoms with van der Waals surface area (Å²) in [6.45, 7) is 1.60. The van der Waals surface area contributed by atoms with Crippen LogP contribution in [0.25, 0.3) is 10.4 Å². The van der Waals surface area contributed by atoms with Crippen LogP contribution in [0.4, 0.5) is 10.1 Å². The molecule has 1 rings (SSSR count). The summed E-state index contributed by atoms with van der Waals surface area (Å²) in [6, 6.07) is 3.40.